The molecule has 20 heavy (non-hydrogen) atoms. The van der Waals surface area contributed by atoms with Gasteiger partial charge in [-0.2, -0.15) is 0 Å². The summed E-state index contributed by atoms with van der Waals surface area (Å²) in [5, 5.41) is 6.29. The summed E-state index contributed by atoms with van der Waals surface area (Å²) in [5.41, 5.74) is 1.40. The van der Waals surface area contributed by atoms with Crippen LogP contribution in [0, 0.1) is 5.92 Å². The molecule has 2 aromatic carbocycles. The van der Waals surface area contributed by atoms with Gasteiger partial charge >= 0.3 is 0 Å². The number of hydrogen-bond donors (Lipinski definition) is 1. The monoisotopic (exact) mass is 333 g/mol. The van der Waals surface area contributed by atoms with Crippen LogP contribution in [0.25, 0.3) is 10.8 Å². The third-order valence-electron chi connectivity index (χ3n) is 3.58. The number of benzene rings is 2. The van der Waals surface area contributed by atoms with Gasteiger partial charge in [0.15, 0.2) is 0 Å². The molecular weight excluding hydrogens is 310 g/mol. The van der Waals surface area contributed by atoms with Crippen molar-refractivity contribution in [3.63, 3.8) is 0 Å². The van der Waals surface area contributed by atoms with Crippen LogP contribution < -0.4 is 5.32 Å². The van der Waals surface area contributed by atoms with E-state index in [0.29, 0.717) is 12.0 Å². The Bertz CT molecular complexity index is 562. The van der Waals surface area contributed by atoms with Crippen molar-refractivity contribution in [2.24, 2.45) is 5.92 Å². The highest BCUT2D eigenvalue weighted by atomic mass is 79.9. The third kappa shape index (κ3) is 4.07. The van der Waals surface area contributed by atoms with Crippen molar-refractivity contribution in [1.82, 2.24) is 5.32 Å². The minimum atomic E-state index is 0.461. The zero-order valence-electron chi connectivity index (χ0n) is 12.6. The lowest BCUT2D eigenvalue weighted by atomic mass is 9.95. The predicted octanol–water partition coefficient (Wildman–Crippen LogP) is 5.69. The summed E-state index contributed by atoms with van der Waals surface area (Å²) in [6.07, 6.45) is 2.36. The SMILES string of the molecule is CCCNC(CC(C)C)c1ccc2cc(Br)ccc2c1. The Morgan fingerprint density at radius 2 is 1.75 bits per heavy atom. The maximum absolute atomic E-state index is 3.68. The van der Waals surface area contributed by atoms with Crippen molar-refractivity contribution in [2.45, 2.75) is 39.7 Å². The van der Waals surface area contributed by atoms with Crippen LogP contribution in [0.1, 0.15) is 45.2 Å². The Hall–Kier alpha value is -0.860. The van der Waals surface area contributed by atoms with Crippen molar-refractivity contribution in [3.8, 4) is 0 Å². The van der Waals surface area contributed by atoms with E-state index in [-0.39, 0.29) is 0 Å². The maximum atomic E-state index is 3.68. The molecule has 0 aliphatic heterocycles. The van der Waals surface area contributed by atoms with E-state index in [2.05, 4.69) is 78.4 Å². The lowest BCUT2D eigenvalue weighted by Crippen LogP contribution is -2.23. The molecule has 1 atom stereocenters. The van der Waals surface area contributed by atoms with Crippen molar-refractivity contribution in [2.75, 3.05) is 6.54 Å². The van der Waals surface area contributed by atoms with Gasteiger partial charge in [0.25, 0.3) is 0 Å². The minimum Gasteiger partial charge on any atom is -0.310 e. The first-order valence-electron chi connectivity index (χ1n) is 7.52. The van der Waals surface area contributed by atoms with Crippen LogP contribution >= 0.6 is 15.9 Å². The summed E-state index contributed by atoms with van der Waals surface area (Å²) in [6.45, 7) is 7.88. The van der Waals surface area contributed by atoms with E-state index in [1.165, 1.54) is 29.2 Å². The molecule has 2 heteroatoms. The molecule has 0 amide bonds. The molecule has 0 saturated heterocycles. The van der Waals surface area contributed by atoms with Crippen LogP contribution in [0.4, 0.5) is 0 Å². The molecule has 0 bridgehead atoms. The van der Waals surface area contributed by atoms with Gasteiger partial charge in [-0.3, -0.25) is 0 Å². The zero-order valence-corrected chi connectivity index (χ0v) is 14.2. The van der Waals surface area contributed by atoms with E-state index in [1.54, 1.807) is 0 Å². The molecule has 1 N–H and O–H groups in total. The summed E-state index contributed by atoms with van der Waals surface area (Å²) in [5.74, 6) is 0.699. The van der Waals surface area contributed by atoms with E-state index in [4.69, 9.17) is 0 Å². The van der Waals surface area contributed by atoms with Crippen molar-refractivity contribution in [1.29, 1.82) is 0 Å². The minimum absolute atomic E-state index is 0.461. The van der Waals surface area contributed by atoms with Gasteiger partial charge in [0, 0.05) is 10.5 Å². The summed E-state index contributed by atoms with van der Waals surface area (Å²) in [7, 11) is 0. The lowest BCUT2D eigenvalue weighted by molar-refractivity contribution is 0.430. The summed E-state index contributed by atoms with van der Waals surface area (Å²) >= 11 is 3.53. The van der Waals surface area contributed by atoms with Crippen LogP contribution in [0.2, 0.25) is 0 Å². The van der Waals surface area contributed by atoms with E-state index in [9.17, 15) is 0 Å². The van der Waals surface area contributed by atoms with Gasteiger partial charge < -0.3 is 5.32 Å². The van der Waals surface area contributed by atoms with Crippen molar-refractivity contribution >= 4 is 26.7 Å². The molecule has 1 nitrogen and oxygen atoms in total. The smallest absolute Gasteiger partial charge is 0.0322 e. The molecule has 108 valence electrons. The molecule has 0 heterocycles. The van der Waals surface area contributed by atoms with Crippen LogP contribution in [0.15, 0.2) is 40.9 Å². The van der Waals surface area contributed by atoms with Crippen LogP contribution in [-0.2, 0) is 0 Å². The second-order valence-corrected chi connectivity index (χ2v) is 6.80. The maximum Gasteiger partial charge on any atom is 0.0322 e. The lowest BCUT2D eigenvalue weighted by Gasteiger charge is -2.21. The van der Waals surface area contributed by atoms with Gasteiger partial charge in [-0.25, -0.2) is 0 Å². The molecule has 0 aromatic heterocycles. The van der Waals surface area contributed by atoms with Gasteiger partial charge in [0.2, 0.25) is 0 Å². The fourth-order valence-electron chi connectivity index (χ4n) is 2.58. The Morgan fingerprint density at radius 1 is 1.05 bits per heavy atom. The topological polar surface area (TPSA) is 12.0 Å². The first kappa shape index (κ1) is 15.5. The second kappa shape index (κ2) is 7.24. The quantitative estimate of drug-likeness (QED) is 0.716. The van der Waals surface area contributed by atoms with E-state index in [1.807, 2.05) is 0 Å². The predicted molar refractivity (Wildman–Crippen MR) is 92.1 cm³/mol. The van der Waals surface area contributed by atoms with Crippen LogP contribution in [0.5, 0.6) is 0 Å². The van der Waals surface area contributed by atoms with Crippen LogP contribution in [-0.4, -0.2) is 6.54 Å². The van der Waals surface area contributed by atoms with Gasteiger partial charge in [-0.05, 0) is 59.8 Å². The normalized spacial score (nSPS) is 13.1. The summed E-state index contributed by atoms with van der Waals surface area (Å²) in [6, 6.07) is 13.8. The van der Waals surface area contributed by atoms with Gasteiger partial charge in [0.1, 0.15) is 0 Å². The third-order valence-corrected chi connectivity index (χ3v) is 4.07. The number of hydrogen-bond acceptors (Lipinski definition) is 1. The van der Waals surface area contributed by atoms with E-state index in [0.717, 1.165) is 11.0 Å². The van der Waals surface area contributed by atoms with E-state index < -0.39 is 0 Å². The molecule has 0 aliphatic carbocycles. The van der Waals surface area contributed by atoms with Crippen molar-refractivity contribution < 1.29 is 0 Å². The van der Waals surface area contributed by atoms with Crippen LogP contribution in [0.3, 0.4) is 0 Å². The molecule has 0 fully saturated rings. The summed E-state index contributed by atoms with van der Waals surface area (Å²) < 4.78 is 1.14. The Balaban J connectivity index is 2.29. The molecule has 0 aliphatic rings. The molecule has 2 rings (SSSR count). The highest BCUT2D eigenvalue weighted by Crippen LogP contribution is 2.26. The highest BCUT2D eigenvalue weighted by Gasteiger charge is 2.13. The molecule has 1 unspecified atom stereocenters. The average Bonchev–Trinajstić information content (AvgIpc) is 2.42. The molecule has 0 saturated carbocycles. The Morgan fingerprint density at radius 3 is 2.45 bits per heavy atom. The molecule has 0 spiro atoms. The summed E-state index contributed by atoms with van der Waals surface area (Å²) in [4.78, 5) is 0. The average molecular weight is 334 g/mol. The number of halogens is 1. The highest BCUT2D eigenvalue weighted by molar-refractivity contribution is 9.10. The van der Waals surface area contributed by atoms with Gasteiger partial charge in [-0.15, -0.1) is 0 Å². The second-order valence-electron chi connectivity index (χ2n) is 5.89. The van der Waals surface area contributed by atoms with Crippen molar-refractivity contribution in [3.05, 3.63) is 46.4 Å². The fraction of sp³-hybridized carbons (Fsp3) is 0.444. The standard InChI is InChI=1S/C18H24BrN/c1-4-9-20-18(10-13(2)3)16-6-5-15-12-17(19)8-7-14(15)11-16/h5-8,11-13,18,20H,4,9-10H2,1-3H3. The zero-order chi connectivity index (χ0) is 14.5. The molecule has 2 aromatic rings. The molecular formula is C18H24BrN. The largest absolute Gasteiger partial charge is 0.310 e. The fourth-order valence-corrected chi connectivity index (χ4v) is 2.96. The number of nitrogens with one attached hydrogen (secondary N) is 1. The number of fused-ring (bicyclic) bond motifs is 1. The van der Waals surface area contributed by atoms with Gasteiger partial charge in [-0.1, -0.05) is 54.9 Å². The first-order chi connectivity index (χ1) is 9.60. The Kier molecular flexibility index (Phi) is 5.62. The molecule has 0 radical (unpaired) electrons. The first-order valence-corrected chi connectivity index (χ1v) is 8.32. The Labute approximate surface area is 130 Å². The number of rotatable bonds is 6. The van der Waals surface area contributed by atoms with E-state index >= 15 is 0 Å². The van der Waals surface area contributed by atoms with Gasteiger partial charge in [0.05, 0.1) is 0 Å².